The summed E-state index contributed by atoms with van der Waals surface area (Å²) in [7, 11) is 1.87. The Morgan fingerprint density at radius 1 is 1.29 bits per heavy atom. The molecule has 0 fully saturated rings. The molecule has 0 aliphatic rings. The van der Waals surface area contributed by atoms with E-state index in [0.717, 1.165) is 24.4 Å². The van der Waals surface area contributed by atoms with Gasteiger partial charge in [0.25, 0.3) is 0 Å². The molecule has 1 atom stereocenters. The number of hydrogen-bond donors (Lipinski definition) is 1. The summed E-state index contributed by atoms with van der Waals surface area (Å²) in [6.45, 7) is 0.135. The van der Waals surface area contributed by atoms with Crippen molar-refractivity contribution in [2.75, 3.05) is 7.05 Å². The van der Waals surface area contributed by atoms with Crippen molar-refractivity contribution < 1.29 is 13.5 Å². The second-order valence-electron chi connectivity index (χ2n) is 4.62. The van der Waals surface area contributed by atoms with E-state index >= 15 is 0 Å². The monoisotopic (exact) mass is 295 g/mol. The Balaban J connectivity index is 2.10. The number of likely N-dealkylation sites (N-methyl/N-ethyl adjacent to an activating group) is 1. The molecule has 0 saturated heterocycles. The standard InChI is InChI=1S/C15H19F2N3O/c1-3-20-9-8-19-14(20)10-13(18-2)11-4-6-12(7-5-11)21-15(16)17/h4-9,13,15,18H,3,10H2,1-2H3. The molecule has 21 heavy (non-hydrogen) atoms. The lowest BCUT2D eigenvalue weighted by Gasteiger charge is -2.17. The number of rotatable bonds is 7. The summed E-state index contributed by atoms with van der Waals surface area (Å²) in [5, 5.41) is 3.23. The number of ether oxygens (including phenoxy) is 1. The molecule has 0 spiro atoms. The summed E-state index contributed by atoms with van der Waals surface area (Å²) in [6, 6.07) is 6.75. The Kier molecular flexibility index (Phi) is 5.27. The van der Waals surface area contributed by atoms with Crippen LogP contribution in [-0.2, 0) is 13.0 Å². The van der Waals surface area contributed by atoms with Gasteiger partial charge in [-0.3, -0.25) is 0 Å². The molecule has 1 aromatic carbocycles. The maximum absolute atomic E-state index is 12.1. The largest absolute Gasteiger partial charge is 0.435 e. The van der Waals surface area contributed by atoms with Crippen molar-refractivity contribution in [2.24, 2.45) is 0 Å². The normalized spacial score (nSPS) is 12.6. The first kappa shape index (κ1) is 15.4. The van der Waals surface area contributed by atoms with Gasteiger partial charge in [0.2, 0.25) is 0 Å². The van der Waals surface area contributed by atoms with E-state index in [-0.39, 0.29) is 11.8 Å². The maximum Gasteiger partial charge on any atom is 0.387 e. The highest BCUT2D eigenvalue weighted by atomic mass is 19.3. The van der Waals surface area contributed by atoms with Crippen LogP contribution in [0.25, 0.3) is 0 Å². The van der Waals surface area contributed by atoms with Crippen molar-refractivity contribution in [2.45, 2.75) is 32.5 Å². The van der Waals surface area contributed by atoms with Crippen LogP contribution in [0.5, 0.6) is 5.75 Å². The van der Waals surface area contributed by atoms with Crippen molar-refractivity contribution in [3.63, 3.8) is 0 Å². The fourth-order valence-electron chi connectivity index (χ4n) is 2.27. The van der Waals surface area contributed by atoms with Gasteiger partial charge < -0.3 is 14.6 Å². The highest BCUT2D eigenvalue weighted by Gasteiger charge is 2.14. The van der Waals surface area contributed by atoms with E-state index in [1.807, 2.05) is 13.2 Å². The van der Waals surface area contributed by atoms with E-state index in [0.29, 0.717) is 0 Å². The molecule has 0 radical (unpaired) electrons. The smallest absolute Gasteiger partial charge is 0.387 e. The molecule has 114 valence electrons. The summed E-state index contributed by atoms with van der Waals surface area (Å²) >= 11 is 0. The number of alkyl halides is 2. The molecular weight excluding hydrogens is 276 g/mol. The van der Waals surface area contributed by atoms with E-state index in [1.54, 1.807) is 30.5 Å². The van der Waals surface area contributed by atoms with Gasteiger partial charge in [-0.05, 0) is 31.7 Å². The zero-order valence-electron chi connectivity index (χ0n) is 12.1. The van der Waals surface area contributed by atoms with Crippen LogP contribution >= 0.6 is 0 Å². The molecule has 1 heterocycles. The summed E-state index contributed by atoms with van der Waals surface area (Å²) in [6.07, 6.45) is 4.46. The molecule has 2 aromatic rings. The van der Waals surface area contributed by atoms with E-state index in [4.69, 9.17) is 0 Å². The van der Waals surface area contributed by atoms with Gasteiger partial charge >= 0.3 is 6.61 Å². The number of imidazole rings is 1. The third kappa shape index (κ3) is 4.01. The second kappa shape index (κ2) is 7.17. The summed E-state index contributed by atoms with van der Waals surface area (Å²) in [4.78, 5) is 4.36. The molecule has 0 bridgehead atoms. The summed E-state index contributed by atoms with van der Waals surface area (Å²) in [5.74, 6) is 1.16. The van der Waals surface area contributed by atoms with Gasteiger partial charge in [-0.2, -0.15) is 8.78 Å². The maximum atomic E-state index is 12.1. The fraction of sp³-hybridized carbons (Fsp3) is 0.400. The highest BCUT2D eigenvalue weighted by molar-refractivity contribution is 5.29. The quantitative estimate of drug-likeness (QED) is 0.853. The molecule has 2 rings (SSSR count). The predicted molar refractivity (Wildman–Crippen MR) is 76.5 cm³/mol. The minimum atomic E-state index is -2.80. The molecule has 1 aromatic heterocycles. The lowest BCUT2D eigenvalue weighted by molar-refractivity contribution is -0.0498. The van der Waals surface area contributed by atoms with Crippen LogP contribution in [0.4, 0.5) is 8.78 Å². The Bertz CT molecular complexity index is 554. The molecule has 0 aliphatic carbocycles. The van der Waals surface area contributed by atoms with Crippen LogP contribution in [0.1, 0.15) is 24.4 Å². The molecule has 1 N–H and O–H groups in total. The number of nitrogens with zero attached hydrogens (tertiary/aromatic N) is 2. The first-order valence-electron chi connectivity index (χ1n) is 6.86. The topological polar surface area (TPSA) is 39.1 Å². The lowest BCUT2D eigenvalue weighted by Crippen LogP contribution is -2.20. The minimum absolute atomic E-state index is 0.0679. The SMILES string of the molecule is CCn1ccnc1CC(NC)c1ccc(OC(F)F)cc1. The molecule has 0 aliphatic heterocycles. The molecular formula is C15H19F2N3O. The van der Waals surface area contributed by atoms with Gasteiger partial charge in [-0.15, -0.1) is 0 Å². The van der Waals surface area contributed by atoms with Gasteiger partial charge in [0.1, 0.15) is 11.6 Å². The van der Waals surface area contributed by atoms with Crippen molar-refractivity contribution in [3.05, 3.63) is 48.0 Å². The molecule has 6 heteroatoms. The Morgan fingerprint density at radius 2 is 2.00 bits per heavy atom. The van der Waals surface area contributed by atoms with Crippen LogP contribution in [-0.4, -0.2) is 23.2 Å². The first-order valence-corrected chi connectivity index (χ1v) is 6.86. The molecule has 0 saturated carbocycles. The fourth-order valence-corrected chi connectivity index (χ4v) is 2.27. The number of halogens is 2. The molecule has 0 amide bonds. The third-order valence-corrected chi connectivity index (χ3v) is 3.39. The summed E-state index contributed by atoms with van der Waals surface area (Å²) < 4.78 is 30.7. The Labute approximate surface area is 122 Å². The predicted octanol–water partition coefficient (Wildman–Crippen LogP) is 3.01. The summed E-state index contributed by atoms with van der Waals surface area (Å²) in [5.41, 5.74) is 1.00. The van der Waals surface area contributed by atoms with E-state index in [2.05, 4.69) is 26.5 Å². The first-order chi connectivity index (χ1) is 10.1. The number of aryl methyl sites for hydroxylation is 1. The second-order valence-corrected chi connectivity index (χ2v) is 4.62. The van der Waals surface area contributed by atoms with Crippen LogP contribution < -0.4 is 10.1 Å². The number of benzene rings is 1. The number of nitrogens with one attached hydrogen (secondary N) is 1. The zero-order chi connectivity index (χ0) is 15.2. The highest BCUT2D eigenvalue weighted by Crippen LogP contribution is 2.21. The van der Waals surface area contributed by atoms with E-state index in [1.165, 1.54) is 0 Å². The number of aromatic nitrogens is 2. The van der Waals surface area contributed by atoms with Crippen LogP contribution in [0, 0.1) is 0 Å². The average molecular weight is 295 g/mol. The Hall–Kier alpha value is -1.95. The zero-order valence-corrected chi connectivity index (χ0v) is 12.1. The third-order valence-electron chi connectivity index (χ3n) is 3.39. The van der Waals surface area contributed by atoms with E-state index in [9.17, 15) is 8.78 Å². The Morgan fingerprint density at radius 3 is 2.57 bits per heavy atom. The van der Waals surface area contributed by atoms with Crippen LogP contribution in [0.15, 0.2) is 36.7 Å². The average Bonchev–Trinajstić information content (AvgIpc) is 2.92. The molecule has 4 nitrogen and oxygen atoms in total. The van der Waals surface area contributed by atoms with Crippen LogP contribution in [0.2, 0.25) is 0 Å². The van der Waals surface area contributed by atoms with Gasteiger partial charge in [0.15, 0.2) is 0 Å². The van der Waals surface area contributed by atoms with Crippen molar-refractivity contribution >= 4 is 0 Å². The van der Waals surface area contributed by atoms with Crippen molar-refractivity contribution in [1.82, 2.24) is 14.9 Å². The lowest BCUT2D eigenvalue weighted by atomic mass is 10.0. The van der Waals surface area contributed by atoms with Gasteiger partial charge in [-0.25, -0.2) is 4.98 Å². The number of hydrogen-bond acceptors (Lipinski definition) is 3. The van der Waals surface area contributed by atoms with Gasteiger partial charge in [0.05, 0.1) is 0 Å². The van der Waals surface area contributed by atoms with Gasteiger partial charge in [0, 0.05) is 31.4 Å². The molecule has 1 unspecified atom stereocenters. The van der Waals surface area contributed by atoms with Gasteiger partial charge in [-0.1, -0.05) is 12.1 Å². The minimum Gasteiger partial charge on any atom is -0.435 e. The van der Waals surface area contributed by atoms with Crippen LogP contribution in [0.3, 0.4) is 0 Å². The van der Waals surface area contributed by atoms with Crippen molar-refractivity contribution in [3.8, 4) is 5.75 Å². The van der Waals surface area contributed by atoms with E-state index < -0.39 is 6.61 Å². The van der Waals surface area contributed by atoms with Crippen molar-refractivity contribution in [1.29, 1.82) is 0 Å².